The maximum atomic E-state index is 12.8. The highest BCUT2D eigenvalue weighted by molar-refractivity contribution is 6.06. The Hall–Kier alpha value is -2.92. The monoisotopic (exact) mass is 349 g/mol. The summed E-state index contributed by atoms with van der Waals surface area (Å²) in [6.45, 7) is 1.21. The molecule has 1 fully saturated rings. The van der Waals surface area contributed by atoms with Gasteiger partial charge in [0, 0.05) is 30.9 Å². The number of nitrogens with two attached hydrogens (primary N) is 1. The molecular weight excluding hydrogens is 326 g/mol. The third kappa shape index (κ3) is 4.58. The fourth-order valence-electron chi connectivity index (χ4n) is 2.98. The molecule has 1 aliphatic heterocycles. The maximum absolute atomic E-state index is 12.8. The van der Waals surface area contributed by atoms with E-state index in [4.69, 9.17) is 5.73 Å². The quantitative estimate of drug-likeness (QED) is 0.842. The van der Waals surface area contributed by atoms with Gasteiger partial charge in [0.15, 0.2) is 0 Å². The van der Waals surface area contributed by atoms with Crippen molar-refractivity contribution in [2.75, 3.05) is 24.5 Å². The van der Waals surface area contributed by atoms with Gasteiger partial charge in [0.2, 0.25) is 5.91 Å². The van der Waals surface area contributed by atoms with E-state index in [-0.39, 0.29) is 24.4 Å². The zero-order valence-electron chi connectivity index (χ0n) is 14.6. The molecule has 0 spiro atoms. The van der Waals surface area contributed by atoms with Crippen LogP contribution in [0.2, 0.25) is 0 Å². The van der Waals surface area contributed by atoms with Crippen LogP contribution in [0.3, 0.4) is 0 Å². The Kier molecular flexibility index (Phi) is 5.81. The average molecular weight is 349 g/mol. The average Bonchev–Trinajstić information content (AvgIpc) is 3.12. The van der Waals surface area contributed by atoms with Crippen LogP contribution in [0, 0.1) is 0 Å². The minimum atomic E-state index is -0.225. The van der Waals surface area contributed by atoms with Gasteiger partial charge in [0.05, 0.1) is 0 Å². The fraction of sp³-hybridized carbons (Fsp3) is 0.238. The number of carbonyl (C=O) groups excluding carboxylic acids is 2. The predicted octanol–water partition coefficient (Wildman–Crippen LogP) is 2.29. The van der Waals surface area contributed by atoms with E-state index < -0.39 is 0 Å². The molecule has 1 heterocycles. The molecule has 1 saturated heterocycles. The van der Waals surface area contributed by atoms with Crippen LogP contribution in [0.1, 0.15) is 12.0 Å². The molecule has 0 aromatic heterocycles. The molecule has 134 valence electrons. The van der Waals surface area contributed by atoms with Gasteiger partial charge >= 0.3 is 0 Å². The summed E-state index contributed by atoms with van der Waals surface area (Å²) in [4.78, 5) is 28.6. The first-order valence-corrected chi connectivity index (χ1v) is 8.76. The van der Waals surface area contributed by atoms with Gasteiger partial charge in [-0.15, -0.1) is 0 Å². The number of likely N-dealkylation sites (tertiary alicyclic amines) is 1. The number of hydrogen-bond acceptors (Lipinski definition) is 3. The van der Waals surface area contributed by atoms with Gasteiger partial charge in [0.25, 0.3) is 5.91 Å². The lowest BCUT2D eigenvalue weighted by molar-refractivity contribution is -0.130. The van der Waals surface area contributed by atoms with Crippen molar-refractivity contribution in [2.24, 2.45) is 5.73 Å². The third-order valence-corrected chi connectivity index (χ3v) is 4.42. The summed E-state index contributed by atoms with van der Waals surface area (Å²) in [6.07, 6.45) is 4.07. The van der Waals surface area contributed by atoms with Crippen molar-refractivity contribution in [3.05, 3.63) is 72.3 Å². The molecule has 3 rings (SSSR count). The summed E-state index contributed by atoms with van der Waals surface area (Å²) in [7, 11) is 0. The number of nitrogens with zero attached hydrogens (tertiary/aromatic N) is 2. The van der Waals surface area contributed by atoms with E-state index in [2.05, 4.69) is 0 Å². The highest BCUT2D eigenvalue weighted by Gasteiger charge is 2.26. The number of benzene rings is 2. The number of hydrogen-bond donors (Lipinski definition) is 1. The van der Waals surface area contributed by atoms with Gasteiger partial charge in [-0.2, -0.15) is 0 Å². The Bertz CT molecular complexity index is 774. The molecule has 26 heavy (non-hydrogen) atoms. The molecule has 1 atom stereocenters. The zero-order chi connectivity index (χ0) is 18.4. The van der Waals surface area contributed by atoms with Gasteiger partial charge in [-0.25, -0.2) is 0 Å². The van der Waals surface area contributed by atoms with E-state index in [1.807, 2.05) is 60.7 Å². The number of rotatable bonds is 5. The molecular formula is C21H23N3O2. The lowest BCUT2D eigenvalue weighted by atomic mass is 10.2. The Labute approximate surface area is 153 Å². The smallest absolute Gasteiger partial charge is 0.251 e. The van der Waals surface area contributed by atoms with Crippen molar-refractivity contribution < 1.29 is 9.59 Å². The SMILES string of the molecule is N[C@H]1CCN(C(=O)CN(C(=O)/C=C/c2ccccc2)c2ccccc2)C1. The van der Waals surface area contributed by atoms with Crippen molar-refractivity contribution in [1.82, 2.24) is 4.90 Å². The van der Waals surface area contributed by atoms with Crippen molar-refractivity contribution in [3.63, 3.8) is 0 Å². The van der Waals surface area contributed by atoms with E-state index in [0.717, 1.165) is 12.0 Å². The Morgan fingerprint density at radius 3 is 2.35 bits per heavy atom. The molecule has 2 aromatic rings. The number of amides is 2. The summed E-state index contributed by atoms with van der Waals surface area (Å²) >= 11 is 0. The molecule has 2 aromatic carbocycles. The van der Waals surface area contributed by atoms with Crippen molar-refractivity contribution in [2.45, 2.75) is 12.5 Å². The Morgan fingerprint density at radius 2 is 1.73 bits per heavy atom. The van der Waals surface area contributed by atoms with Gasteiger partial charge in [0.1, 0.15) is 6.54 Å². The van der Waals surface area contributed by atoms with E-state index in [9.17, 15) is 9.59 Å². The van der Waals surface area contributed by atoms with Crippen LogP contribution < -0.4 is 10.6 Å². The topological polar surface area (TPSA) is 66.6 Å². The van der Waals surface area contributed by atoms with Crippen LogP contribution in [-0.2, 0) is 9.59 Å². The zero-order valence-corrected chi connectivity index (χ0v) is 14.6. The minimum absolute atomic E-state index is 0.00863. The first-order chi connectivity index (χ1) is 12.6. The number of anilines is 1. The first kappa shape index (κ1) is 17.9. The van der Waals surface area contributed by atoms with E-state index in [1.165, 1.54) is 11.0 Å². The summed E-state index contributed by atoms with van der Waals surface area (Å²) < 4.78 is 0. The van der Waals surface area contributed by atoms with Crippen molar-refractivity contribution in [1.29, 1.82) is 0 Å². The van der Waals surface area contributed by atoms with Crippen LogP contribution in [0.25, 0.3) is 6.08 Å². The van der Waals surface area contributed by atoms with E-state index in [1.54, 1.807) is 11.0 Å². The Morgan fingerprint density at radius 1 is 1.08 bits per heavy atom. The number of carbonyl (C=O) groups is 2. The van der Waals surface area contributed by atoms with Gasteiger partial charge in [-0.05, 0) is 30.2 Å². The van der Waals surface area contributed by atoms with Crippen LogP contribution >= 0.6 is 0 Å². The molecule has 2 N–H and O–H groups in total. The predicted molar refractivity (Wildman–Crippen MR) is 103 cm³/mol. The summed E-state index contributed by atoms with van der Waals surface area (Å²) in [5.41, 5.74) is 7.53. The first-order valence-electron chi connectivity index (χ1n) is 8.76. The normalized spacial score (nSPS) is 16.8. The van der Waals surface area contributed by atoms with Gasteiger partial charge < -0.3 is 10.6 Å². The molecule has 0 saturated carbocycles. The van der Waals surface area contributed by atoms with Gasteiger partial charge in [-0.1, -0.05) is 48.5 Å². The molecule has 0 bridgehead atoms. The highest BCUT2D eigenvalue weighted by atomic mass is 16.2. The highest BCUT2D eigenvalue weighted by Crippen LogP contribution is 2.16. The molecule has 1 aliphatic rings. The van der Waals surface area contributed by atoms with Crippen molar-refractivity contribution >= 4 is 23.6 Å². The Balaban J connectivity index is 1.76. The largest absolute Gasteiger partial charge is 0.340 e. The van der Waals surface area contributed by atoms with Crippen LogP contribution in [0.5, 0.6) is 0 Å². The maximum Gasteiger partial charge on any atom is 0.251 e. The third-order valence-electron chi connectivity index (χ3n) is 4.42. The molecule has 0 aliphatic carbocycles. The van der Waals surface area contributed by atoms with Gasteiger partial charge in [-0.3, -0.25) is 14.5 Å². The summed E-state index contributed by atoms with van der Waals surface area (Å²) in [5, 5.41) is 0. The van der Waals surface area contributed by atoms with Crippen LogP contribution in [0.4, 0.5) is 5.69 Å². The molecule has 5 nitrogen and oxygen atoms in total. The molecule has 0 unspecified atom stereocenters. The fourth-order valence-corrected chi connectivity index (χ4v) is 2.98. The molecule has 5 heteroatoms. The second-order valence-corrected chi connectivity index (χ2v) is 6.39. The summed E-state index contributed by atoms with van der Waals surface area (Å²) in [6, 6.07) is 18.9. The number of para-hydroxylation sites is 1. The van der Waals surface area contributed by atoms with Crippen LogP contribution in [-0.4, -0.2) is 42.4 Å². The minimum Gasteiger partial charge on any atom is -0.340 e. The standard InChI is InChI=1S/C21H23N3O2/c22-18-13-14-23(15-18)21(26)16-24(19-9-5-2-6-10-19)20(25)12-11-17-7-3-1-4-8-17/h1-12,18H,13-16,22H2/b12-11+/t18-/m0/s1. The molecule has 2 amide bonds. The second kappa shape index (κ2) is 8.45. The van der Waals surface area contributed by atoms with Crippen LogP contribution in [0.15, 0.2) is 66.7 Å². The lowest BCUT2D eigenvalue weighted by Gasteiger charge is -2.24. The second-order valence-electron chi connectivity index (χ2n) is 6.39. The summed E-state index contributed by atoms with van der Waals surface area (Å²) in [5.74, 6) is -0.305. The van der Waals surface area contributed by atoms with E-state index >= 15 is 0 Å². The lowest BCUT2D eigenvalue weighted by Crippen LogP contribution is -2.42. The van der Waals surface area contributed by atoms with Crippen molar-refractivity contribution in [3.8, 4) is 0 Å². The van der Waals surface area contributed by atoms with E-state index in [0.29, 0.717) is 18.8 Å². The molecule has 0 radical (unpaired) electrons.